The number of hydrogen-bond acceptors (Lipinski definition) is 6. The Balaban J connectivity index is 1.46. The first-order chi connectivity index (χ1) is 12.2. The van der Waals surface area contributed by atoms with E-state index in [-0.39, 0.29) is 0 Å². The molecule has 0 unspecified atom stereocenters. The molecular weight excluding hydrogens is 382 g/mol. The van der Waals surface area contributed by atoms with E-state index in [4.69, 9.17) is 4.98 Å². The molecule has 1 aliphatic rings. The fourth-order valence-electron chi connectivity index (χ4n) is 2.92. The summed E-state index contributed by atoms with van der Waals surface area (Å²) in [6.07, 6.45) is 9.20. The molecule has 0 saturated carbocycles. The molecular formula is C17H18BrN7. The van der Waals surface area contributed by atoms with Crippen molar-refractivity contribution in [3.63, 3.8) is 0 Å². The molecule has 0 radical (unpaired) electrons. The van der Waals surface area contributed by atoms with E-state index in [1.807, 2.05) is 44.0 Å². The average Bonchev–Trinajstić information content (AvgIpc) is 3.09. The Morgan fingerprint density at radius 3 is 2.32 bits per heavy atom. The lowest BCUT2D eigenvalue weighted by Crippen LogP contribution is -2.47. The molecule has 8 heteroatoms. The SMILES string of the molecule is Cn1cc(-c2cncc(N3CCN(c4ccc(Br)cn4)CC3)n2)cn1. The van der Waals surface area contributed by atoms with Crippen LogP contribution in [-0.4, -0.2) is 50.9 Å². The van der Waals surface area contributed by atoms with Gasteiger partial charge in [-0.2, -0.15) is 5.10 Å². The summed E-state index contributed by atoms with van der Waals surface area (Å²) in [5, 5.41) is 4.20. The van der Waals surface area contributed by atoms with E-state index in [1.54, 1.807) is 10.9 Å². The van der Waals surface area contributed by atoms with E-state index < -0.39 is 0 Å². The van der Waals surface area contributed by atoms with Crippen LogP contribution in [0.25, 0.3) is 11.3 Å². The monoisotopic (exact) mass is 399 g/mol. The molecule has 0 amide bonds. The summed E-state index contributed by atoms with van der Waals surface area (Å²) in [6.45, 7) is 3.60. The van der Waals surface area contributed by atoms with E-state index in [0.717, 1.165) is 53.5 Å². The molecule has 25 heavy (non-hydrogen) atoms. The molecule has 0 aromatic carbocycles. The zero-order valence-corrected chi connectivity index (χ0v) is 15.5. The zero-order chi connectivity index (χ0) is 17.2. The van der Waals surface area contributed by atoms with Crippen molar-refractivity contribution in [2.45, 2.75) is 0 Å². The maximum Gasteiger partial charge on any atom is 0.147 e. The Morgan fingerprint density at radius 2 is 1.68 bits per heavy atom. The number of aryl methyl sites for hydroxylation is 1. The van der Waals surface area contributed by atoms with Crippen LogP contribution in [0, 0.1) is 0 Å². The summed E-state index contributed by atoms with van der Waals surface area (Å²) in [7, 11) is 1.90. The highest BCUT2D eigenvalue weighted by molar-refractivity contribution is 9.10. The van der Waals surface area contributed by atoms with Gasteiger partial charge in [-0.05, 0) is 28.1 Å². The third-order valence-corrected chi connectivity index (χ3v) is 4.73. The summed E-state index contributed by atoms with van der Waals surface area (Å²) in [6, 6.07) is 4.07. The molecule has 0 aliphatic carbocycles. The number of hydrogen-bond donors (Lipinski definition) is 0. The minimum atomic E-state index is 0.850. The van der Waals surface area contributed by atoms with Crippen LogP contribution in [0.4, 0.5) is 11.6 Å². The van der Waals surface area contributed by atoms with Gasteiger partial charge in [0.15, 0.2) is 0 Å². The predicted molar refractivity (Wildman–Crippen MR) is 101 cm³/mol. The Kier molecular flexibility index (Phi) is 4.35. The van der Waals surface area contributed by atoms with Gasteiger partial charge in [0.2, 0.25) is 0 Å². The molecule has 1 saturated heterocycles. The summed E-state index contributed by atoms with van der Waals surface area (Å²) in [5.74, 6) is 1.92. The van der Waals surface area contributed by atoms with Crippen molar-refractivity contribution in [3.8, 4) is 11.3 Å². The number of aromatic nitrogens is 5. The van der Waals surface area contributed by atoms with Crippen LogP contribution in [0.2, 0.25) is 0 Å². The van der Waals surface area contributed by atoms with Gasteiger partial charge < -0.3 is 9.80 Å². The van der Waals surface area contributed by atoms with Gasteiger partial charge in [0.1, 0.15) is 11.6 Å². The predicted octanol–water partition coefficient (Wildman–Crippen LogP) is 2.36. The molecule has 0 bridgehead atoms. The van der Waals surface area contributed by atoms with Crippen LogP contribution in [0.15, 0.2) is 47.6 Å². The van der Waals surface area contributed by atoms with Gasteiger partial charge in [-0.15, -0.1) is 0 Å². The van der Waals surface area contributed by atoms with E-state index in [1.165, 1.54) is 0 Å². The lowest BCUT2D eigenvalue weighted by molar-refractivity contribution is 0.641. The van der Waals surface area contributed by atoms with Gasteiger partial charge in [-0.1, -0.05) is 0 Å². The van der Waals surface area contributed by atoms with Gasteiger partial charge in [0.25, 0.3) is 0 Å². The number of pyridine rings is 1. The van der Waals surface area contributed by atoms with Crippen molar-refractivity contribution in [1.82, 2.24) is 24.7 Å². The van der Waals surface area contributed by atoms with Gasteiger partial charge >= 0.3 is 0 Å². The number of rotatable bonds is 3. The number of halogens is 1. The summed E-state index contributed by atoms with van der Waals surface area (Å²) >= 11 is 3.43. The van der Waals surface area contributed by atoms with Crippen LogP contribution >= 0.6 is 15.9 Å². The van der Waals surface area contributed by atoms with Gasteiger partial charge in [0, 0.05) is 55.7 Å². The van der Waals surface area contributed by atoms with Crippen molar-refractivity contribution in [2.75, 3.05) is 36.0 Å². The quantitative estimate of drug-likeness (QED) is 0.673. The maximum absolute atomic E-state index is 4.76. The molecule has 0 spiro atoms. The highest BCUT2D eigenvalue weighted by Crippen LogP contribution is 2.21. The number of nitrogens with zero attached hydrogens (tertiary/aromatic N) is 7. The van der Waals surface area contributed by atoms with Crippen molar-refractivity contribution in [2.24, 2.45) is 7.05 Å². The molecule has 0 atom stereocenters. The summed E-state index contributed by atoms with van der Waals surface area (Å²) in [4.78, 5) is 18.2. The molecule has 128 valence electrons. The van der Waals surface area contributed by atoms with Gasteiger partial charge in [-0.25, -0.2) is 9.97 Å². The molecule has 4 heterocycles. The fraction of sp³-hybridized carbons (Fsp3) is 0.294. The van der Waals surface area contributed by atoms with Crippen LogP contribution in [0.5, 0.6) is 0 Å². The van der Waals surface area contributed by atoms with Gasteiger partial charge in [0.05, 0.1) is 24.3 Å². The molecule has 1 fully saturated rings. The second kappa shape index (κ2) is 6.79. The Labute approximate surface area is 154 Å². The highest BCUT2D eigenvalue weighted by atomic mass is 79.9. The average molecular weight is 400 g/mol. The molecule has 1 aliphatic heterocycles. The van der Waals surface area contributed by atoms with E-state index in [0.29, 0.717) is 0 Å². The highest BCUT2D eigenvalue weighted by Gasteiger charge is 2.19. The van der Waals surface area contributed by atoms with E-state index in [9.17, 15) is 0 Å². The van der Waals surface area contributed by atoms with E-state index in [2.05, 4.69) is 40.8 Å². The summed E-state index contributed by atoms with van der Waals surface area (Å²) < 4.78 is 2.77. The zero-order valence-electron chi connectivity index (χ0n) is 13.9. The topological polar surface area (TPSA) is 63.0 Å². The first-order valence-electron chi connectivity index (χ1n) is 8.11. The first-order valence-corrected chi connectivity index (χ1v) is 8.91. The van der Waals surface area contributed by atoms with Gasteiger partial charge in [-0.3, -0.25) is 9.67 Å². The van der Waals surface area contributed by atoms with Crippen LogP contribution < -0.4 is 9.80 Å². The normalized spacial score (nSPS) is 14.8. The Morgan fingerprint density at radius 1 is 0.920 bits per heavy atom. The van der Waals surface area contributed by atoms with Crippen LogP contribution in [-0.2, 0) is 7.05 Å². The van der Waals surface area contributed by atoms with Crippen LogP contribution in [0.3, 0.4) is 0 Å². The number of anilines is 2. The molecule has 4 rings (SSSR count). The Bertz CT molecular complexity index is 853. The molecule has 3 aromatic rings. The summed E-state index contributed by atoms with van der Waals surface area (Å²) in [5.41, 5.74) is 1.83. The number of piperazine rings is 1. The first kappa shape index (κ1) is 16.0. The second-order valence-corrected chi connectivity index (χ2v) is 6.89. The minimum absolute atomic E-state index is 0.850. The van der Waals surface area contributed by atoms with Crippen molar-refractivity contribution < 1.29 is 0 Å². The van der Waals surface area contributed by atoms with Crippen molar-refractivity contribution in [1.29, 1.82) is 0 Å². The molecule has 7 nitrogen and oxygen atoms in total. The van der Waals surface area contributed by atoms with Crippen molar-refractivity contribution in [3.05, 3.63) is 47.6 Å². The Hall–Kier alpha value is -2.48. The smallest absolute Gasteiger partial charge is 0.147 e. The molecule has 0 N–H and O–H groups in total. The largest absolute Gasteiger partial charge is 0.353 e. The molecule has 3 aromatic heterocycles. The lowest BCUT2D eigenvalue weighted by atomic mass is 10.2. The maximum atomic E-state index is 4.76. The van der Waals surface area contributed by atoms with Crippen molar-refractivity contribution >= 4 is 27.6 Å². The minimum Gasteiger partial charge on any atom is -0.353 e. The fourth-order valence-corrected chi connectivity index (χ4v) is 3.15. The lowest BCUT2D eigenvalue weighted by Gasteiger charge is -2.36. The third kappa shape index (κ3) is 3.48. The third-order valence-electron chi connectivity index (χ3n) is 4.26. The second-order valence-electron chi connectivity index (χ2n) is 5.97. The van der Waals surface area contributed by atoms with E-state index >= 15 is 0 Å². The standard InChI is InChI=1S/C17H18BrN7/c1-23-12-13(8-21-23)15-10-19-11-17(22-15)25-6-4-24(5-7-25)16-3-2-14(18)9-20-16/h2-3,8-12H,4-7H2,1H3. The van der Waals surface area contributed by atoms with Crippen LogP contribution in [0.1, 0.15) is 0 Å².